The largest absolute Gasteiger partial charge is 0.480 e. The van der Waals surface area contributed by atoms with E-state index in [0.29, 0.717) is 6.42 Å². The van der Waals surface area contributed by atoms with Crippen molar-refractivity contribution in [1.82, 2.24) is 5.32 Å². The molecule has 0 aliphatic heterocycles. The molecule has 7 N–H and O–H groups in total. The van der Waals surface area contributed by atoms with Gasteiger partial charge in [-0.15, -0.1) is 0 Å². The highest BCUT2D eigenvalue weighted by molar-refractivity contribution is 5.84. The van der Waals surface area contributed by atoms with E-state index in [9.17, 15) is 19.7 Å². The minimum Gasteiger partial charge on any atom is -0.480 e. The lowest BCUT2D eigenvalue weighted by Gasteiger charge is -2.11. The van der Waals surface area contributed by atoms with Gasteiger partial charge >= 0.3 is 11.9 Å². The van der Waals surface area contributed by atoms with E-state index < -0.39 is 35.5 Å². The molecule has 11 nitrogen and oxygen atoms in total. The molecule has 0 aromatic rings. The van der Waals surface area contributed by atoms with E-state index in [1.165, 1.54) is 0 Å². The van der Waals surface area contributed by atoms with E-state index in [-0.39, 0.29) is 18.9 Å². The molecule has 0 aromatic carbocycles. The van der Waals surface area contributed by atoms with Crippen LogP contribution in [0.4, 0.5) is 0 Å². The van der Waals surface area contributed by atoms with Crippen LogP contribution in [0.15, 0.2) is 4.99 Å². The lowest BCUT2D eigenvalue weighted by Crippen LogP contribution is -2.48. The third kappa shape index (κ3) is 7.81. The zero-order chi connectivity index (χ0) is 15.7. The highest BCUT2D eigenvalue weighted by Crippen LogP contribution is 1.95. The summed E-state index contributed by atoms with van der Waals surface area (Å²) in [6.07, 6.45) is 0.520. The van der Waals surface area contributed by atoms with Gasteiger partial charge in [0.1, 0.15) is 6.04 Å². The number of rotatable bonds is 9. The number of nitrogens with one attached hydrogen (secondary N) is 1. The number of nitrogens with two attached hydrogens (primary N) is 2. The molecule has 0 rings (SSSR count). The number of hydrogen-bond acceptors (Lipinski definition) is 6. The van der Waals surface area contributed by atoms with Crippen molar-refractivity contribution in [3.8, 4) is 0 Å². The van der Waals surface area contributed by atoms with Crippen molar-refractivity contribution in [2.45, 2.75) is 24.9 Å². The van der Waals surface area contributed by atoms with Gasteiger partial charge in [-0.05, 0) is 12.8 Å². The van der Waals surface area contributed by atoms with Crippen LogP contribution in [-0.2, 0) is 9.59 Å². The predicted octanol–water partition coefficient (Wildman–Crippen LogP) is -2.19. The molecule has 0 aromatic heterocycles. The first-order chi connectivity index (χ1) is 9.23. The maximum Gasteiger partial charge on any atom is 0.333 e. The van der Waals surface area contributed by atoms with Crippen LogP contribution in [0.25, 0.3) is 0 Å². The second-order valence-electron chi connectivity index (χ2n) is 3.90. The Kier molecular flexibility index (Phi) is 7.58. The highest BCUT2D eigenvalue weighted by Gasteiger charge is 2.23. The number of carbonyl (C=O) groups is 2. The van der Waals surface area contributed by atoms with E-state index in [1.54, 1.807) is 0 Å². The summed E-state index contributed by atoms with van der Waals surface area (Å²) in [5.74, 6) is -2.81. The molecule has 0 saturated carbocycles. The number of nitrogens with zero attached hydrogens (tertiary/aromatic N) is 2. The molecule has 114 valence electrons. The maximum absolute atomic E-state index is 10.7. The lowest BCUT2D eigenvalue weighted by molar-refractivity contribution is -0.481. The highest BCUT2D eigenvalue weighted by atomic mass is 16.6. The number of guanidine groups is 1. The average Bonchev–Trinajstić information content (AvgIpc) is 2.32. The Balaban J connectivity index is 4.19. The first kappa shape index (κ1) is 17.6. The van der Waals surface area contributed by atoms with Crippen molar-refractivity contribution in [1.29, 1.82) is 0 Å². The minimum absolute atomic E-state index is 0.130. The molecule has 0 radical (unpaired) electrons. The molecule has 0 aliphatic rings. The quantitative estimate of drug-likeness (QED) is 0.103. The van der Waals surface area contributed by atoms with Crippen LogP contribution in [-0.4, -0.2) is 58.2 Å². The Hall–Kier alpha value is -2.43. The Morgan fingerprint density at radius 2 is 1.95 bits per heavy atom. The summed E-state index contributed by atoms with van der Waals surface area (Å²) in [5.41, 5.74) is 10.6. The van der Waals surface area contributed by atoms with Gasteiger partial charge in [-0.2, -0.15) is 0 Å². The van der Waals surface area contributed by atoms with Crippen molar-refractivity contribution >= 4 is 17.9 Å². The second kappa shape index (κ2) is 8.63. The van der Waals surface area contributed by atoms with Crippen molar-refractivity contribution in [2.24, 2.45) is 16.5 Å². The lowest BCUT2D eigenvalue weighted by atomic mass is 10.2. The minimum atomic E-state index is -1.48. The Bertz CT molecular complexity index is 398. The number of aliphatic imine (C=N–C) groups is 1. The first-order valence-electron chi connectivity index (χ1n) is 5.63. The monoisotopic (exact) mass is 291 g/mol. The van der Waals surface area contributed by atoms with Gasteiger partial charge in [0.05, 0.1) is 0 Å². The third-order valence-electron chi connectivity index (χ3n) is 2.22. The zero-order valence-corrected chi connectivity index (χ0v) is 10.6. The normalized spacial score (nSPS) is 14.3. The van der Waals surface area contributed by atoms with Gasteiger partial charge in [0.2, 0.25) is 6.54 Å². The molecule has 20 heavy (non-hydrogen) atoms. The molecule has 0 heterocycles. The molecule has 0 saturated heterocycles. The topological polar surface area (TPSA) is 194 Å². The fraction of sp³-hybridized carbons (Fsp3) is 0.667. The van der Waals surface area contributed by atoms with E-state index in [4.69, 9.17) is 21.7 Å². The third-order valence-corrected chi connectivity index (χ3v) is 2.22. The average molecular weight is 291 g/mol. The second-order valence-corrected chi connectivity index (χ2v) is 3.90. The predicted molar refractivity (Wildman–Crippen MR) is 67.8 cm³/mol. The van der Waals surface area contributed by atoms with Gasteiger partial charge in [-0.1, -0.05) is 0 Å². The molecule has 0 spiro atoms. The fourth-order valence-corrected chi connectivity index (χ4v) is 1.19. The van der Waals surface area contributed by atoms with Crippen LogP contribution in [0.2, 0.25) is 0 Å². The van der Waals surface area contributed by atoms with Crippen LogP contribution < -0.4 is 16.8 Å². The summed E-state index contributed by atoms with van der Waals surface area (Å²) in [6, 6.07) is -2.48. The van der Waals surface area contributed by atoms with Gasteiger partial charge in [0.25, 0.3) is 0 Å². The van der Waals surface area contributed by atoms with Crippen LogP contribution in [0.1, 0.15) is 12.8 Å². The number of aliphatic carboxylic acids is 2. The van der Waals surface area contributed by atoms with Crippen molar-refractivity contribution < 1.29 is 24.7 Å². The van der Waals surface area contributed by atoms with Crippen molar-refractivity contribution in [3.63, 3.8) is 0 Å². The summed E-state index contributed by atoms with van der Waals surface area (Å²) >= 11 is 0. The Labute approximate surface area is 113 Å². The molecule has 11 heteroatoms. The summed E-state index contributed by atoms with van der Waals surface area (Å²) in [6.45, 7) is -0.708. The van der Waals surface area contributed by atoms with Gasteiger partial charge in [-0.3, -0.25) is 19.9 Å². The maximum atomic E-state index is 10.7. The van der Waals surface area contributed by atoms with Crippen LogP contribution >= 0.6 is 0 Å². The summed E-state index contributed by atoms with van der Waals surface area (Å²) in [7, 11) is 0. The standard InChI is InChI=1S/C9H17N5O6/c10-5(7(15)16)2-1-3-12-9(11)13-6(8(17)18)4-14(19)20/h5-6H,1-4,10H2,(H,15,16)(H,17,18)(H3,11,12,13). The van der Waals surface area contributed by atoms with E-state index in [1.807, 2.05) is 0 Å². The summed E-state index contributed by atoms with van der Waals surface area (Å²) in [4.78, 5) is 34.3. The van der Waals surface area contributed by atoms with Crippen LogP contribution in [0, 0.1) is 10.1 Å². The number of hydrogen-bond donors (Lipinski definition) is 5. The smallest absolute Gasteiger partial charge is 0.333 e. The van der Waals surface area contributed by atoms with Crippen LogP contribution in [0.3, 0.4) is 0 Å². The fourth-order valence-electron chi connectivity index (χ4n) is 1.19. The van der Waals surface area contributed by atoms with E-state index in [2.05, 4.69) is 10.3 Å². The van der Waals surface area contributed by atoms with Gasteiger partial charge in [0, 0.05) is 11.5 Å². The number of carboxylic acid groups (broad SMARTS) is 2. The molecule has 0 aliphatic carbocycles. The van der Waals surface area contributed by atoms with Crippen molar-refractivity contribution in [2.75, 3.05) is 13.1 Å². The van der Waals surface area contributed by atoms with Gasteiger partial charge < -0.3 is 27.0 Å². The molecule has 2 atom stereocenters. The first-order valence-corrected chi connectivity index (χ1v) is 5.63. The Morgan fingerprint density at radius 3 is 2.40 bits per heavy atom. The van der Waals surface area contributed by atoms with Gasteiger partial charge in [-0.25, -0.2) is 4.79 Å². The molecular weight excluding hydrogens is 274 g/mol. The Morgan fingerprint density at radius 1 is 1.35 bits per heavy atom. The van der Waals surface area contributed by atoms with Gasteiger partial charge in [0.15, 0.2) is 12.0 Å². The van der Waals surface area contributed by atoms with E-state index in [0.717, 1.165) is 0 Å². The number of carboxylic acids is 2. The molecule has 2 unspecified atom stereocenters. The zero-order valence-electron chi connectivity index (χ0n) is 10.6. The summed E-state index contributed by atoms with van der Waals surface area (Å²) in [5, 5.41) is 29.7. The van der Waals surface area contributed by atoms with Crippen LogP contribution in [0.5, 0.6) is 0 Å². The summed E-state index contributed by atoms with van der Waals surface area (Å²) < 4.78 is 0. The van der Waals surface area contributed by atoms with E-state index >= 15 is 0 Å². The molecular formula is C9H17N5O6. The molecule has 0 bridgehead atoms. The molecule has 0 fully saturated rings. The van der Waals surface area contributed by atoms with Crippen molar-refractivity contribution in [3.05, 3.63) is 10.1 Å². The number of nitro groups is 1. The molecule has 0 amide bonds. The SMILES string of the molecule is NC(=NCCCC(N)C(=O)O)NC(C[N+](=O)[O-])C(=O)O.